The van der Waals surface area contributed by atoms with Crippen molar-refractivity contribution in [1.29, 1.82) is 0 Å². The molecule has 7 heteroatoms. The molecule has 0 bridgehead atoms. The largest absolute Gasteiger partial charge is 0.443 e. The molecule has 45 heavy (non-hydrogen) atoms. The fourth-order valence-electron chi connectivity index (χ4n) is 10.6. The molecule has 2 heterocycles. The molecular formula is C38H55N5O2. The number of hydrogen-bond acceptors (Lipinski definition) is 5. The molecule has 1 aromatic heterocycles. The van der Waals surface area contributed by atoms with E-state index in [4.69, 9.17) is 4.42 Å². The van der Waals surface area contributed by atoms with Gasteiger partial charge in [0.2, 0.25) is 0 Å². The highest BCUT2D eigenvalue weighted by Gasteiger charge is 2.67. The average molecular weight is 614 g/mol. The van der Waals surface area contributed by atoms with Crippen LogP contribution in [0.4, 0.5) is 4.79 Å². The number of nitrogens with one attached hydrogen (secondary N) is 1. The van der Waals surface area contributed by atoms with Crippen LogP contribution in [0, 0.1) is 34.5 Å². The summed E-state index contributed by atoms with van der Waals surface area (Å²) in [7, 11) is 4.25. The zero-order valence-electron chi connectivity index (χ0n) is 29.1. The first-order valence-corrected chi connectivity index (χ1v) is 17.4. The average Bonchev–Trinajstić information content (AvgIpc) is 3.48. The van der Waals surface area contributed by atoms with E-state index < -0.39 is 0 Å². The zero-order valence-corrected chi connectivity index (χ0v) is 29.1. The number of aryl methyl sites for hydroxylation is 1. The summed E-state index contributed by atoms with van der Waals surface area (Å²) in [5.41, 5.74) is 7.32. The number of aromatic nitrogens is 1. The van der Waals surface area contributed by atoms with Crippen LogP contribution in [0.25, 0.3) is 22.7 Å². The van der Waals surface area contributed by atoms with Crippen molar-refractivity contribution in [2.45, 2.75) is 85.6 Å². The fourth-order valence-corrected chi connectivity index (χ4v) is 10.6. The van der Waals surface area contributed by atoms with Crippen LogP contribution in [0.5, 0.6) is 0 Å². The number of carbonyl (C=O) groups excluding carboxylic acids is 1. The minimum atomic E-state index is -0.194. The van der Waals surface area contributed by atoms with Crippen molar-refractivity contribution >= 4 is 28.8 Å². The second-order valence-electron chi connectivity index (χ2n) is 16.8. The predicted molar refractivity (Wildman–Crippen MR) is 183 cm³/mol. The molecular weight excluding hydrogens is 558 g/mol. The van der Waals surface area contributed by atoms with E-state index in [2.05, 4.69) is 105 Å². The van der Waals surface area contributed by atoms with Crippen molar-refractivity contribution < 1.29 is 9.21 Å². The van der Waals surface area contributed by atoms with E-state index in [1.807, 2.05) is 0 Å². The Balaban J connectivity index is 1.15. The van der Waals surface area contributed by atoms with Crippen molar-refractivity contribution in [2.24, 2.45) is 27.6 Å². The summed E-state index contributed by atoms with van der Waals surface area (Å²) in [6.45, 7) is 20.4. The van der Waals surface area contributed by atoms with Gasteiger partial charge in [0, 0.05) is 55.8 Å². The van der Waals surface area contributed by atoms with Gasteiger partial charge in [-0.2, -0.15) is 0 Å². The zero-order chi connectivity index (χ0) is 32.0. The Hall–Kier alpha value is -2.64. The highest BCUT2D eigenvalue weighted by atomic mass is 16.3. The number of benzene rings is 1. The standard InChI is InChI=1S/C38H55N5O2/c1-26-27-9-11-36(4)29(28(27)23-30-32(26)45-25-39-30)10-12-37(5)31-24-35(3,15-13-34(31,2)14-16-38(36,37)6)40-33(44)43-21-19-42(20-22-43)18-17-41(7)8/h9-11,23,25,31H,12-22,24H2,1-8H3,(H,40,44)/t31-,34-,35-,36-,37+,38-/m1/s1. The van der Waals surface area contributed by atoms with Gasteiger partial charge in [-0.15, -0.1) is 0 Å². The highest BCUT2D eigenvalue weighted by molar-refractivity contribution is 5.93. The maximum absolute atomic E-state index is 13.7. The molecule has 0 unspecified atom stereocenters. The molecule has 6 atom stereocenters. The molecule has 1 aliphatic heterocycles. The number of hydrogen-bond donors (Lipinski definition) is 1. The van der Waals surface area contributed by atoms with Gasteiger partial charge in [-0.3, -0.25) is 4.90 Å². The third-order valence-corrected chi connectivity index (χ3v) is 14.1. The van der Waals surface area contributed by atoms with E-state index in [1.54, 1.807) is 6.39 Å². The third kappa shape index (κ3) is 4.57. The number of rotatable bonds is 4. The first kappa shape index (κ1) is 31.0. The molecule has 4 aliphatic carbocycles. The minimum Gasteiger partial charge on any atom is -0.443 e. The van der Waals surface area contributed by atoms with Gasteiger partial charge in [0.1, 0.15) is 5.52 Å². The Bertz CT molecular complexity index is 1570. The molecule has 5 aliphatic rings. The lowest BCUT2D eigenvalue weighted by atomic mass is 9.34. The molecule has 2 amide bonds. The Labute approximate surface area is 270 Å². The number of amides is 2. The molecule has 2 saturated carbocycles. The number of oxazole rings is 1. The van der Waals surface area contributed by atoms with Crippen molar-refractivity contribution in [2.75, 3.05) is 53.4 Å². The molecule has 1 saturated heterocycles. The van der Waals surface area contributed by atoms with Crippen LogP contribution >= 0.6 is 0 Å². The third-order valence-electron chi connectivity index (χ3n) is 14.1. The summed E-state index contributed by atoms with van der Waals surface area (Å²) >= 11 is 0. The van der Waals surface area contributed by atoms with Gasteiger partial charge in [-0.25, -0.2) is 9.78 Å². The van der Waals surface area contributed by atoms with Crippen LogP contribution in [0.3, 0.4) is 0 Å². The summed E-state index contributed by atoms with van der Waals surface area (Å²) in [5.74, 6) is 0.523. The lowest BCUT2D eigenvalue weighted by Crippen LogP contribution is -2.66. The van der Waals surface area contributed by atoms with Crippen LogP contribution in [0.2, 0.25) is 0 Å². The monoisotopic (exact) mass is 613 g/mol. The second kappa shape index (κ2) is 10.4. The topological polar surface area (TPSA) is 64.9 Å². The van der Waals surface area contributed by atoms with E-state index in [-0.39, 0.29) is 33.2 Å². The van der Waals surface area contributed by atoms with Gasteiger partial charge in [-0.1, -0.05) is 45.9 Å². The summed E-state index contributed by atoms with van der Waals surface area (Å²) in [4.78, 5) is 25.1. The number of allylic oxidation sites excluding steroid dienone is 3. The van der Waals surface area contributed by atoms with Crippen LogP contribution < -0.4 is 5.32 Å². The van der Waals surface area contributed by atoms with Crippen LogP contribution in [0.1, 0.15) is 89.8 Å². The predicted octanol–water partition coefficient (Wildman–Crippen LogP) is 7.22. The molecule has 0 radical (unpaired) electrons. The van der Waals surface area contributed by atoms with E-state index in [0.717, 1.165) is 69.6 Å². The first-order chi connectivity index (χ1) is 21.2. The van der Waals surface area contributed by atoms with Crippen LogP contribution in [0.15, 0.2) is 29.0 Å². The lowest BCUT2D eigenvalue weighted by Gasteiger charge is -2.70. The molecule has 3 fully saturated rings. The Morgan fingerprint density at radius 2 is 1.80 bits per heavy atom. The van der Waals surface area contributed by atoms with E-state index >= 15 is 0 Å². The SMILES string of the molecule is Cc1c2c(cc3ncoc13)C1=CC[C@@]3(C)[C@@H]4C[C@](C)(NC(=O)N5CCN(CCN(C)C)CC5)CC[C@]4(C)CC[C@]3(C)[C@]1(C)C=C2. The Morgan fingerprint density at radius 3 is 2.53 bits per heavy atom. The molecule has 244 valence electrons. The highest BCUT2D eigenvalue weighted by Crippen LogP contribution is 2.75. The minimum absolute atomic E-state index is 0.0818. The first-order valence-electron chi connectivity index (χ1n) is 17.4. The Kier molecular flexibility index (Phi) is 7.18. The molecule has 1 N–H and O–H groups in total. The van der Waals surface area contributed by atoms with E-state index in [0.29, 0.717) is 5.92 Å². The number of nitrogens with zero attached hydrogens (tertiary/aromatic N) is 4. The van der Waals surface area contributed by atoms with Crippen molar-refractivity contribution in [3.8, 4) is 0 Å². The van der Waals surface area contributed by atoms with Crippen LogP contribution in [-0.4, -0.2) is 84.6 Å². The smallest absolute Gasteiger partial charge is 0.317 e. The van der Waals surface area contributed by atoms with E-state index in [9.17, 15) is 4.79 Å². The molecule has 1 aromatic carbocycles. The lowest BCUT2D eigenvalue weighted by molar-refractivity contribution is -0.171. The molecule has 7 nitrogen and oxygen atoms in total. The van der Waals surface area contributed by atoms with Crippen molar-refractivity contribution in [3.63, 3.8) is 0 Å². The maximum Gasteiger partial charge on any atom is 0.317 e. The second-order valence-corrected chi connectivity index (χ2v) is 16.8. The summed E-state index contributed by atoms with van der Waals surface area (Å²) in [6, 6.07) is 2.40. The number of likely N-dealkylation sites (N-methyl/N-ethyl adjacent to an activating group) is 1. The van der Waals surface area contributed by atoms with Gasteiger partial charge >= 0.3 is 6.03 Å². The Morgan fingerprint density at radius 1 is 1.07 bits per heavy atom. The quantitative estimate of drug-likeness (QED) is 0.395. The summed E-state index contributed by atoms with van der Waals surface area (Å²) < 4.78 is 5.77. The van der Waals surface area contributed by atoms with Gasteiger partial charge < -0.3 is 19.5 Å². The van der Waals surface area contributed by atoms with Gasteiger partial charge in [0.15, 0.2) is 12.0 Å². The van der Waals surface area contributed by atoms with Crippen molar-refractivity contribution in [3.05, 3.63) is 41.3 Å². The van der Waals surface area contributed by atoms with Crippen molar-refractivity contribution in [1.82, 2.24) is 25.0 Å². The fraction of sp³-hybridized carbons (Fsp3) is 0.684. The molecule has 2 aromatic rings. The summed E-state index contributed by atoms with van der Waals surface area (Å²) in [6.07, 6.45) is 15.9. The normalized spacial score (nSPS) is 37.9. The van der Waals surface area contributed by atoms with Crippen LogP contribution in [-0.2, 0) is 0 Å². The molecule has 0 spiro atoms. The van der Waals surface area contributed by atoms with Gasteiger partial charge in [0.05, 0.1) is 0 Å². The number of fused-ring (bicyclic) bond motifs is 8. The van der Waals surface area contributed by atoms with Gasteiger partial charge in [0.25, 0.3) is 0 Å². The van der Waals surface area contributed by atoms with E-state index in [1.165, 1.54) is 41.5 Å². The number of urea groups is 1. The molecule has 7 rings (SSSR count). The summed E-state index contributed by atoms with van der Waals surface area (Å²) in [5, 5.41) is 3.62. The maximum atomic E-state index is 13.7. The van der Waals surface area contributed by atoms with Gasteiger partial charge in [-0.05, 0) is 111 Å². The number of carbonyl (C=O) groups is 1. The number of piperazine rings is 1.